The van der Waals surface area contributed by atoms with Gasteiger partial charge in [0.05, 0.1) is 36.0 Å². The first kappa shape index (κ1) is 18.0. The van der Waals surface area contributed by atoms with Crippen LogP contribution in [0.1, 0.15) is 5.69 Å². The van der Waals surface area contributed by atoms with E-state index in [2.05, 4.69) is 30.5 Å². The molecular weight excluding hydrogens is 376 g/mol. The van der Waals surface area contributed by atoms with Gasteiger partial charge < -0.3 is 16.0 Å². The number of nitrogens with zero attached hydrogens (tertiary/aromatic N) is 5. The van der Waals surface area contributed by atoms with Crippen LogP contribution in [-0.2, 0) is 6.54 Å². The molecule has 4 N–H and O–H groups in total. The molecule has 0 saturated carbocycles. The number of fused-ring (bicyclic) bond motifs is 1. The van der Waals surface area contributed by atoms with Crippen LogP contribution in [0.15, 0.2) is 35.7 Å². The van der Waals surface area contributed by atoms with E-state index in [1.54, 1.807) is 18.3 Å². The molecule has 3 rings (SSSR count). The van der Waals surface area contributed by atoms with Gasteiger partial charge in [0.2, 0.25) is 5.95 Å². The van der Waals surface area contributed by atoms with E-state index in [1.807, 2.05) is 12.1 Å². The molecule has 2 aromatic heterocycles. The Labute approximate surface area is 158 Å². The topological polar surface area (TPSA) is 125 Å². The van der Waals surface area contributed by atoms with Crippen LogP contribution in [0.25, 0.3) is 11.2 Å². The molecule has 0 radical (unpaired) electrons. The van der Waals surface area contributed by atoms with Gasteiger partial charge in [-0.05, 0) is 24.3 Å². The van der Waals surface area contributed by atoms with Crippen molar-refractivity contribution >= 4 is 52.3 Å². The highest BCUT2D eigenvalue weighted by atomic mass is 35.5. The number of halogens is 1. The Kier molecular flexibility index (Phi) is 5.54. The van der Waals surface area contributed by atoms with Crippen LogP contribution in [-0.4, -0.2) is 32.4 Å². The number of hydrogen-bond donors (Lipinski definition) is 3. The highest BCUT2D eigenvalue weighted by Gasteiger charge is 2.07. The van der Waals surface area contributed by atoms with Crippen molar-refractivity contribution < 1.29 is 0 Å². The summed E-state index contributed by atoms with van der Waals surface area (Å²) in [6, 6.07) is 7.24. The van der Waals surface area contributed by atoms with Crippen molar-refractivity contribution in [1.82, 2.24) is 19.9 Å². The van der Waals surface area contributed by atoms with Gasteiger partial charge >= 0.3 is 0 Å². The molecule has 11 heteroatoms. The molecular formula is C15H15ClN8OS. The summed E-state index contributed by atoms with van der Waals surface area (Å²) in [6.07, 6.45) is 1.63. The third kappa shape index (κ3) is 4.03. The van der Waals surface area contributed by atoms with Crippen LogP contribution >= 0.6 is 23.8 Å². The van der Waals surface area contributed by atoms with Crippen molar-refractivity contribution in [1.29, 1.82) is 0 Å². The van der Waals surface area contributed by atoms with Gasteiger partial charge in [-0.2, -0.15) is 0 Å². The van der Waals surface area contributed by atoms with E-state index < -0.39 is 0 Å². The number of H-pyrrole nitrogens is 1. The first-order valence-corrected chi connectivity index (χ1v) is 8.57. The van der Waals surface area contributed by atoms with Crippen LogP contribution in [0.5, 0.6) is 0 Å². The normalized spacial score (nSPS) is 10.7. The smallest absolute Gasteiger partial charge is 0.200 e. The molecule has 0 bridgehead atoms. The summed E-state index contributed by atoms with van der Waals surface area (Å²) < 4.78 is 0.302. The fraction of sp³-hybridized carbons (Fsp3) is 0.200. The van der Waals surface area contributed by atoms with Crippen LogP contribution in [0.4, 0.5) is 17.3 Å². The van der Waals surface area contributed by atoms with E-state index in [1.165, 1.54) is 5.01 Å². The lowest BCUT2D eigenvalue weighted by molar-refractivity contribution is 0.889. The average molecular weight is 391 g/mol. The molecule has 0 saturated heterocycles. The quantitative estimate of drug-likeness (QED) is 0.243. The molecule has 3 aromatic rings. The number of alkyl halides is 1. The lowest BCUT2D eigenvalue weighted by atomic mass is 10.2. The summed E-state index contributed by atoms with van der Waals surface area (Å²) in [5.74, 6) is 0.519. The molecule has 9 nitrogen and oxygen atoms in total. The number of nitrogen functional groups attached to an aromatic ring is 1. The molecule has 0 atom stereocenters. The van der Waals surface area contributed by atoms with Crippen molar-refractivity contribution in [3.8, 4) is 0 Å². The number of nitroso groups, excluding NO2 is 1. The Bertz CT molecular complexity index is 978. The second kappa shape index (κ2) is 8.02. The molecule has 0 aliphatic heterocycles. The van der Waals surface area contributed by atoms with Crippen LogP contribution < -0.4 is 16.1 Å². The number of benzene rings is 1. The minimum atomic E-state index is 0.204. The third-order valence-corrected chi connectivity index (χ3v) is 3.98. The minimum Gasteiger partial charge on any atom is -0.379 e. The number of aromatic amines is 1. The Hall–Kier alpha value is -2.85. The summed E-state index contributed by atoms with van der Waals surface area (Å²) in [5.41, 5.74) is 8.83. The van der Waals surface area contributed by atoms with Gasteiger partial charge in [0.15, 0.2) is 10.3 Å². The first-order chi connectivity index (χ1) is 12.6. The van der Waals surface area contributed by atoms with Gasteiger partial charge in [-0.1, -0.05) is 12.2 Å². The Morgan fingerprint density at radius 3 is 2.77 bits per heavy atom. The number of nitrogens with two attached hydrogens (primary N) is 1. The van der Waals surface area contributed by atoms with E-state index in [0.717, 1.165) is 5.69 Å². The molecule has 0 aliphatic carbocycles. The van der Waals surface area contributed by atoms with Crippen LogP contribution in [0.2, 0.25) is 0 Å². The van der Waals surface area contributed by atoms with Crippen molar-refractivity contribution in [3.63, 3.8) is 0 Å². The van der Waals surface area contributed by atoms with Gasteiger partial charge in [-0.3, -0.25) is 0 Å². The maximum atomic E-state index is 10.8. The zero-order valence-electron chi connectivity index (χ0n) is 13.5. The zero-order chi connectivity index (χ0) is 18.5. The van der Waals surface area contributed by atoms with E-state index in [-0.39, 0.29) is 5.95 Å². The SMILES string of the molecule is Nc1nc(=S)c2nc(CNc3ccc(N(CCCl)N=O)cc3)cnc2[nH]1. The lowest BCUT2D eigenvalue weighted by Gasteiger charge is -2.14. The van der Waals surface area contributed by atoms with Crippen molar-refractivity contribution in [2.24, 2.45) is 5.29 Å². The van der Waals surface area contributed by atoms with Crippen LogP contribution in [0.3, 0.4) is 0 Å². The summed E-state index contributed by atoms with van der Waals surface area (Å²) in [7, 11) is 0. The second-order valence-electron chi connectivity index (χ2n) is 5.28. The molecule has 1 aromatic carbocycles. The molecule has 26 heavy (non-hydrogen) atoms. The molecule has 0 unspecified atom stereocenters. The van der Waals surface area contributed by atoms with Gasteiger partial charge in [-0.15, -0.1) is 16.5 Å². The van der Waals surface area contributed by atoms with Gasteiger partial charge in [0.25, 0.3) is 0 Å². The molecule has 2 heterocycles. The fourth-order valence-corrected chi connectivity index (χ4v) is 2.70. The van der Waals surface area contributed by atoms with E-state index in [4.69, 9.17) is 29.6 Å². The van der Waals surface area contributed by atoms with Gasteiger partial charge in [0, 0.05) is 11.6 Å². The number of anilines is 3. The van der Waals surface area contributed by atoms with E-state index in [0.29, 0.717) is 46.2 Å². The largest absolute Gasteiger partial charge is 0.379 e. The number of aromatic nitrogens is 4. The predicted octanol–water partition coefficient (Wildman–Crippen LogP) is 3.00. The van der Waals surface area contributed by atoms with Crippen molar-refractivity contribution in [2.75, 3.05) is 28.5 Å². The first-order valence-electron chi connectivity index (χ1n) is 7.63. The highest BCUT2D eigenvalue weighted by molar-refractivity contribution is 7.71. The monoisotopic (exact) mass is 390 g/mol. The lowest BCUT2D eigenvalue weighted by Crippen LogP contribution is -2.17. The Morgan fingerprint density at radius 2 is 2.08 bits per heavy atom. The Balaban J connectivity index is 1.72. The zero-order valence-corrected chi connectivity index (χ0v) is 15.1. The van der Waals surface area contributed by atoms with Crippen LogP contribution in [0, 0.1) is 9.55 Å². The van der Waals surface area contributed by atoms with E-state index in [9.17, 15) is 4.91 Å². The Morgan fingerprint density at radius 1 is 1.31 bits per heavy atom. The number of nitrogens with one attached hydrogen (secondary N) is 2. The fourth-order valence-electron chi connectivity index (χ4n) is 2.30. The minimum absolute atomic E-state index is 0.204. The van der Waals surface area contributed by atoms with Gasteiger partial charge in [-0.25, -0.2) is 20.0 Å². The number of rotatable bonds is 7. The number of hydrogen-bond acceptors (Lipinski definition) is 8. The average Bonchev–Trinajstić information content (AvgIpc) is 2.65. The maximum absolute atomic E-state index is 10.8. The second-order valence-corrected chi connectivity index (χ2v) is 6.04. The predicted molar refractivity (Wildman–Crippen MR) is 105 cm³/mol. The summed E-state index contributed by atoms with van der Waals surface area (Å²) in [6.45, 7) is 0.794. The molecule has 0 fully saturated rings. The van der Waals surface area contributed by atoms with Crippen molar-refractivity contribution in [3.05, 3.63) is 45.7 Å². The molecule has 0 aliphatic rings. The summed E-state index contributed by atoms with van der Waals surface area (Å²) >= 11 is 10.8. The molecule has 0 amide bonds. The van der Waals surface area contributed by atoms with Crippen molar-refractivity contribution in [2.45, 2.75) is 6.54 Å². The maximum Gasteiger partial charge on any atom is 0.200 e. The summed E-state index contributed by atoms with van der Waals surface area (Å²) in [4.78, 5) is 26.3. The molecule has 0 spiro atoms. The van der Waals surface area contributed by atoms with E-state index >= 15 is 0 Å². The highest BCUT2D eigenvalue weighted by Crippen LogP contribution is 2.19. The third-order valence-electron chi connectivity index (χ3n) is 3.53. The van der Waals surface area contributed by atoms with Gasteiger partial charge in [0.1, 0.15) is 5.52 Å². The standard InChI is InChI=1S/C15H15ClN8OS/c16-5-6-24(23-25)11-3-1-9(2-4-11)18-7-10-8-19-13-12(20-10)14(26)22-15(17)21-13/h1-4,8,18H,5-7H2,(H3,17,19,21,22,26). The summed E-state index contributed by atoms with van der Waals surface area (Å²) in [5, 5.41) is 7.47. The molecule has 134 valence electrons.